The zero-order chi connectivity index (χ0) is 19.6. The van der Waals surface area contributed by atoms with Crippen LogP contribution in [0.5, 0.6) is 0 Å². The lowest BCUT2D eigenvalue weighted by Crippen LogP contribution is -2.71. The van der Waals surface area contributed by atoms with Crippen molar-refractivity contribution < 1.29 is 33.8 Å². The van der Waals surface area contributed by atoms with Crippen LogP contribution in [0.2, 0.25) is 0 Å². The summed E-state index contributed by atoms with van der Waals surface area (Å²) in [5.74, 6) is -2.05. The molecule has 2 aliphatic heterocycles. The summed E-state index contributed by atoms with van der Waals surface area (Å²) in [7, 11) is 1.21. The lowest BCUT2D eigenvalue weighted by Gasteiger charge is -2.50. The molecule has 9 nitrogen and oxygen atoms in total. The van der Waals surface area contributed by atoms with E-state index in [2.05, 4.69) is 4.74 Å². The molecule has 2 amide bonds. The van der Waals surface area contributed by atoms with Crippen LogP contribution in [-0.2, 0) is 23.9 Å². The highest BCUT2D eigenvalue weighted by molar-refractivity contribution is 5.95. The molecular weight excluding hydrogens is 356 g/mol. The van der Waals surface area contributed by atoms with E-state index in [0.717, 1.165) is 5.56 Å². The van der Waals surface area contributed by atoms with Crippen molar-refractivity contribution in [2.75, 3.05) is 20.3 Å². The van der Waals surface area contributed by atoms with Crippen LogP contribution in [0.3, 0.4) is 0 Å². The van der Waals surface area contributed by atoms with Gasteiger partial charge in [-0.05, 0) is 12.0 Å². The molecule has 0 aliphatic carbocycles. The zero-order valence-electron chi connectivity index (χ0n) is 14.7. The number of nitrogens with zero attached hydrogens (tertiary/aromatic N) is 2. The van der Waals surface area contributed by atoms with E-state index in [4.69, 9.17) is 9.84 Å². The Hall–Kier alpha value is -3.10. The number of β-lactam (4-membered cyclic amide) rings is 1. The number of amides is 2. The van der Waals surface area contributed by atoms with Crippen molar-refractivity contribution in [1.82, 2.24) is 9.80 Å². The first kappa shape index (κ1) is 18.7. The molecule has 2 heterocycles. The Kier molecular flexibility index (Phi) is 5.29. The Labute approximate surface area is 155 Å². The second kappa shape index (κ2) is 7.65. The lowest BCUT2D eigenvalue weighted by atomic mass is 9.88. The molecule has 1 aromatic carbocycles. The van der Waals surface area contributed by atoms with Gasteiger partial charge in [-0.1, -0.05) is 30.3 Å². The van der Waals surface area contributed by atoms with Crippen LogP contribution in [0.1, 0.15) is 24.4 Å². The van der Waals surface area contributed by atoms with Gasteiger partial charge in [-0.2, -0.15) is 0 Å². The first-order chi connectivity index (χ1) is 12.9. The molecule has 0 aromatic heterocycles. The van der Waals surface area contributed by atoms with Crippen LogP contribution in [0.4, 0.5) is 4.79 Å². The third kappa shape index (κ3) is 3.57. The molecule has 9 heteroatoms. The summed E-state index contributed by atoms with van der Waals surface area (Å²) in [6, 6.07) is 7.25. The van der Waals surface area contributed by atoms with Crippen molar-refractivity contribution in [1.29, 1.82) is 0 Å². The molecule has 3 atom stereocenters. The molecule has 2 aliphatic rings. The van der Waals surface area contributed by atoms with Gasteiger partial charge in [0.2, 0.25) is 5.91 Å². The number of hydrogen-bond donors (Lipinski definition) is 1. The number of ether oxygens (including phenoxy) is 2. The molecule has 144 valence electrons. The highest BCUT2D eigenvalue weighted by Crippen LogP contribution is 2.37. The second-order valence-electron chi connectivity index (χ2n) is 6.40. The SMILES string of the molecule is COC(=O)CN1C(=O)C(N2C(=O)OCC2c2ccccc2)C1CCC(=O)O. The van der Waals surface area contributed by atoms with Crippen molar-refractivity contribution >= 4 is 23.9 Å². The average Bonchev–Trinajstić information content (AvgIpc) is 3.03. The number of carbonyl (C=O) groups is 4. The van der Waals surface area contributed by atoms with Crippen LogP contribution in [0.25, 0.3) is 0 Å². The van der Waals surface area contributed by atoms with Gasteiger partial charge in [0.25, 0.3) is 0 Å². The van der Waals surface area contributed by atoms with E-state index in [-0.39, 0.29) is 26.0 Å². The van der Waals surface area contributed by atoms with Gasteiger partial charge in [-0.25, -0.2) is 4.79 Å². The fourth-order valence-corrected chi connectivity index (χ4v) is 3.55. The minimum atomic E-state index is -1.02. The van der Waals surface area contributed by atoms with Crippen LogP contribution < -0.4 is 0 Å². The minimum Gasteiger partial charge on any atom is -0.481 e. The van der Waals surface area contributed by atoms with E-state index in [9.17, 15) is 19.2 Å². The van der Waals surface area contributed by atoms with Crippen molar-refractivity contribution in [3.05, 3.63) is 35.9 Å². The zero-order valence-corrected chi connectivity index (χ0v) is 14.7. The first-order valence-corrected chi connectivity index (χ1v) is 8.53. The lowest BCUT2D eigenvalue weighted by molar-refractivity contribution is -0.166. The van der Waals surface area contributed by atoms with Crippen molar-refractivity contribution in [2.24, 2.45) is 0 Å². The Morgan fingerprint density at radius 3 is 2.59 bits per heavy atom. The van der Waals surface area contributed by atoms with Gasteiger partial charge < -0.3 is 19.5 Å². The van der Waals surface area contributed by atoms with Crippen LogP contribution in [-0.4, -0.2) is 71.2 Å². The van der Waals surface area contributed by atoms with Gasteiger partial charge in [-0.15, -0.1) is 0 Å². The summed E-state index contributed by atoms with van der Waals surface area (Å²) in [6.07, 6.45) is -0.695. The number of benzene rings is 1. The maximum Gasteiger partial charge on any atom is 0.411 e. The molecular formula is C18H20N2O7. The summed E-state index contributed by atoms with van der Waals surface area (Å²) in [4.78, 5) is 50.2. The smallest absolute Gasteiger partial charge is 0.411 e. The normalized spacial score (nSPS) is 24.4. The van der Waals surface area contributed by atoms with E-state index in [1.807, 2.05) is 30.3 Å². The number of methoxy groups -OCH3 is 1. The number of likely N-dealkylation sites (tertiary alicyclic amines) is 1. The molecule has 0 spiro atoms. The topological polar surface area (TPSA) is 113 Å². The highest BCUT2D eigenvalue weighted by atomic mass is 16.6. The van der Waals surface area contributed by atoms with E-state index < -0.39 is 42.1 Å². The standard InChI is InChI=1S/C18H20N2O7/c1-26-15(23)9-19-12(7-8-14(21)22)16(17(19)24)20-13(10-27-18(20)25)11-5-3-2-4-6-11/h2-6,12-13,16H,7-10H2,1H3,(H,21,22). The van der Waals surface area contributed by atoms with Crippen LogP contribution in [0, 0.1) is 0 Å². The molecule has 2 fully saturated rings. The highest BCUT2D eigenvalue weighted by Gasteiger charge is 2.56. The predicted molar refractivity (Wildman–Crippen MR) is 90.5 cm³/mol. The molecule has 2 saturated heterocycles. The summed E-state index contributed by atoms with van der Waals surface area (Å²) in [5, 5.41) is 9.00. The number of carboxylic acid groups (broad SMARTS) is 1. The number of cyclic esters (lactones) is 1. The number of aliphatic carboxylic acids is 1. The number of hydrogen-bond acceptors (Lipinski definition) is 6. The quantitative estimate of drug-likeness (QED) is 0.553. The van der Waals surface area contributed by atoms with Crippen LogP contribution in [0.15, 0.2) is 30.3 Å². The van der Waals surface area contributed by atoms with Gasteiger partial charge in [0.15, 0.2) is 0 Å². The van der Waals surface area contributed by atoms with Crippen molar-refractivity contribution in [2.45, 2.75) is 31.0 Å². The fraction of sp³-hybridized carbons (Fsp3) is 0.444. The number of rotatable bonds is 7. The van der Waals surface area contributed by atoms with Crippen LogP contribution >= 0.6 is 0 Å². The Morgan fingerprint density at radius 1 is 1.26 bits per heavy atom. The molecule has 3 rings (SSSR count). The summed E-state index contributed by atoms with van der Waals surface area (Å²) in [6.45, 7) is -0.176. The van der Waals surface area contributed by atoms with E-state index in [1.165, 1.54) is 16.9 Å². The molecule has 0 saturated carbocycles. The number of carbonyl (C=O) groups excluding carboxylic acids is 3. The monoisotopic (exact) mass is 376 g/mol. The molecule has 1 aromatic rings. The molecule has 0 bridgehead atoms. The largest absolute Gasteiger partial charge is 0.481 e. The van der Waals surface area contributed by atoms with Gasteiger partial charge in [0.05, 0.1) is 19.2 Å². The minimum absolute atomic E-state index is 0.106. The van der Waals surface area contributed by atoms with E-state index >= 15 is 0 Å². The van der Waals surface area contributed by atoms with Crippen molar-refractivity contribution in [3.8, 4) is 0 Å². The van der Waals surface area contributed by atoms with Gasteiger partial charge >= 0.3 is 18.0 Å². The van der Waals surface area contributed by atoms with Gasteiger partial charge in [0.1, 0.15) is 19.2 Å². The Morgan fingerprint density at radius 2 is 1.96 bits per heavy atom. The number of esters is 1. The van der Waals surface area contributed by atoms with E-state index in [0.29, 0.717) is 0 Å². The second-order valence-corrected chi connectivity index (χ2v) is 6.40. The summed E-state index contributed by atoms with van der Waals surface area (Å²) in [5.41, 5.74) is 0.819. The molecule has 1 N–H and O–H groups in total. The first-order valence-electron chi connectivity index (χ1n) is 8.53. The Bertz CT molecular complexity index is 751. The van der Waals surface area contributed by atoms with E-state index in [1.54, 1.807) is 0 Å². The van der Waals surface area contributed by atoms with Crippen molar-refractivity contribution in [3.63, 3.8) is 0 Å². The average molecular weight is 376 g/mol. The third-order valence-corrected chi connectivity index (χ3v) is 4.88. The molecule has 27 heavy (non-hydrogen) atoms. The summed E-state index contributed by atoms with van der Waals surface area (Å²) >= 11 is 0. The third-order valence-electron chi connectivity index (χ3n) is 4.88. The maximum absolute atomic E-state index is 12.7. The Balaban J connectivity index is 1.85. The van der Waals surface area contributed by atoms with Gasteiger partial charge in [-0.3, -0.25) is 19.3 Å². The molecule has 3 unspecified atom stereocenters. The molecule has 0 radical (unpaired) electrons. The fourth-order valence-electron chi connectivity index (χ4n) is 3.55. The number of carboxylic acids is 1. The predicted octanol–water partition coefficient (Wildman–Crippen LogP) is 0.797. The maximum atomic E-state index is 12.7. The van der Waals surface area contributed by atoms with Gasteiger partial charge in [0, 0.05) is 6.42 Å². The summed E-state index contributed by atoms with van der Waals surface area (Å²) < 4.78 is 9.75.